The second kappa shape index (κ2) is 8.18. The first-order valence-corrected chi connectivity index (χ1v) is 10.2. The van der Waals surface area contributed by atoms with Gasteiger partial charge in [0.1, 0.15) is 6.04 Å². The van der Waals surface area contributed by atoms with Gasteiger partial charge in [-0.3, -0.25) is 9.59 Å². The normalized spacial score (nSPS) is 18.1. The summed E-state index contributed by atoms with van der Waals surface area (Å²) in [5, 5.41) is 5.65. The maximum atomic E-state index is 12.5. The minimum atomic E-state index is -0.934. The van der Waals surface area contributed by atoms with Crippen LogP contribution in [0.2, 0.25) is 0 Å². The first-order valence-electron chi connectivity index (χ1n) is 10.2. The summed E-state index contributed by atoms with van der Waals surface area (Å²) in [7, 11) is 0. The van der Waals surface area contributed by atoms with Crippen molar-refractivity contribution in [1.82, 2.24) is 5.32 Å². The average molecular weight is 407 g/mol. The van der Waals surface area contributed by atoms with Crippen LogP contribution in [0.1, 0.15) is 41.3 Å². The van der Waals surface area contributed by atoms with Crippen LogP contribution in [0, 0.1) is 6.92 Å². The number of benzene rings is 2. The fraction of sp³-hybridized carbons (Fsp3) is 0.348. The van der Waals surface area contributed by atoms with E-state index in [1.807, 2.05) is 37.3 Å². The number of amides is 2. The van der Waals surface area contributed by atoms with Gasteiger partial charge in [-0.2, -0.15) is 0 Å². The standard InChI is InChI=1S/C23H25N3O4/c1-14-5-7-16(8-6-14)13-24-21(27)15(2)30-23(29)17-9-10-19-18(12-17)25-22(28)20-4-3-11-26(19)20/h5-10,12,15,20H,3-4,11,13H2,1-2H3,(H,24,27)(H,25,28)/t15-,20+/m0/s1. The highest BCUT2D eigenvalue weighted by Crippen LogP contribution is 2.37. The molecule has 0 saturated carbocycles. The molecule has 2 heterocycles. The molecule has 30 heavy (non-hydrogen) atoms. The molecule has 0 aromatic heterocycles. The second-order valence-corrected chi connectivity index (χ2v) is 7.82. The number of anilines is 2. The van der Waals surface area contributed by atoms with Crippen LogP contribution >= 0.6 is 0 Å². The third-order valence-electron chi connectivity index (χ3n) is 5.60. The Hall–Kier alpha value is -3.35. The number of rotatable bonds is 5. The number of nitrogens with zero attached hydrogens (tertiary/aromatic N) is 1. The van der Waals surface area contributed by atoms with Crippen molar-refractivity contribution in [2.24, 2.45) is 0 Å². The Labute approximate surface area is 175 Å². The first kappa shape index (κ1) is 19.9. The Kier molecular flexibility index (Phi) is 5.44. The number of fused-ring (bicyclic) bond motifs is 3. The molecule has 0 spiro atoms. The number of aryl methyl sites for hydroxylation is 1. The van der Waals surface area contributed by atoms with Crippen LogP contribution in [0.25, 0.3) is 0 Å². The molecule has 2 atom stereocenters. The summed E-state index contributed by atoms with van der Waals surface area (Å²) < 4.78 is 5.33. The number of esters is 1. The molecule has 7 heteroatoms. The van der Waals surface area contributed by atoms with Crippen LogP contribution in [0.3, 0.4) is 0 Å². The monoisotopic (exact) mass is 407 g/mol. The van der Waals surface area contributed by atoms with Crippen molar-refractivity contribution in [3.05, 3.63) is 59.2 Å². The molecule has 156 valence electrons. The van der Waals surface area contributed by atoms with Crippen LogP contribution in [0.5, 0.6) is 0 Å². The molecule has 0 radical (unpaired) electrons. The highest BCUT2D eigenvalue weighted by molar-refractivity contribution is 6.05. The number of carbonyl (C=O) groups is 3. The Morgan fingerprint density at radius 1 is 1.23 bits per heavy atom. The van der Waals surface area contributed by atoms with E-state index < -0.39 is 12.1 Å². The molecule has 7 nitrogen and oxygen atoms in total. The van der Waals surface area contributed by atoms with E-state index in [1.54, 1.807) is 12.1 Å². The van der Waals surface area contributed by atoms with Gasteiger partial charge in [-0.25, -0.2) is 4.79 Å². The zero-order valence-electron chi connectivity index (χ0n) is 17.1. The van der Waals surface area contributed by atoms with Gasteiger partial charge in [-0.1, -0.05) is 29.8 Å². The minimum absolute atomic E-state index is 0.0469. The lowest BCUT2D eigenvalue weighted by atomic mass is 10.1. The molecule has 2 aromatic rings. The van der Waals surface area contributed by atoms with Crippen LogP contribution in [0.4, 0.5) is 11.4 Å². The number of nitrogens with one attached hydrogen (secondary N) is 2. The lowest BCUT2D eigenvalue weighted by Crippen LogP contribution is -2.44. The van der Waals surface area contributed by atoms with E-state index in [-0.39, 0.29) is 17.9 Å². The summed E-state index contributed by atoms with van der Waals surface area (Å²) in [5.41, 5.74) is 3.93. The molecule has 0 unspecified atom stereocenters. The van der Waals surface area contributed by atoms with Gasteiger partial charge in [-0.05, 0) is 50.5 Å². The summed E-state index contributed by atoms with van der Waals surface area (Å²) in [4.78, 5) is 39.2. The topological polar surface area (TPSA) is 87.7 Å². The summed E-state index contributed by atoms with van der Waals surface area (Å²) in [6.45, 7) is 4.73. The van der Waals surface area contributed by atoms with Gasteiger partial charge in [0.2, 0.25) is 5.91 Å². The Morgan fingerprint density at radius 3 is 2.77 bits per heavy atom. The zero-order valence-corrected chi connectivity index (χ0v) is 17.1. The van der Waals surface area contributed by atoms with Crippen LogP contribution in [-0.4, -0.2) is 36.5 Å². The van der Waals surface area contributed by atoms with Gasteiger partial charge < -0.3 is 20.3 Å². The van der Waals surface area contributed by atoms with Crippen LogP contribution in [-0.2, 0) is 20.9 Å². The Bertz CT molecular complexity index is 986. The third kappa shape index (κ3) is 4.01. The lowest BCUT2D eigenvalue weighted by molar-refractivity contribution is -0.129. The number of hydrogen-bond donors (Lipinski definition) is 2. The first-order chi connectivity index (χ1) is 14.4. The summed E-state index contributed by atoms with van der Waals surface area (Å²) in [6, 6.07) is 12.8. The minimum Gasteiger partial charge on any atom is -0.449 e. The maximum Gasteiger partial charge on any atom is 0.338 e. The molecule has 1 fully saturated rings. The molecule has 2 N–H and O–H groups in total. The molecule has 0 bridgehead atoms. The fourth-order valence-electron chi connectivity index (χ4n) is 3.88. The molecule has 0 aliphatic carbocycles. The van der Waals surface area contributed by atoms with Crippen molar-refractivity contribution in [3.8, 4) is 0 Å². The molecule has 4 rings (SSSR count). The Morgan fingerprint density at radius 2 is 2.00 bits per heavy atom. The van der Waals surface area contributed by atoms with Crippen molar-refractivity contribution >= 4 is 29.2 Å². The SMILES string of the molecule is Cc1ccc(CNC(=O)[C@H](C)OC(=O)c2ccc3c(c2)NC(=O)[C@H]2CCCN32)cc1. The molecule has 1 saturated heterocycles. The molecule has 2 amide bonds. The Balaban J connectivity index is 1.37. The summed E-state index contributed by atoms with van der Waals surface area (Å²) in [5.74, 6) is -1.02. The second-order valence-electron chi connectivity index (χ2n) is 7.82. The van der Waals surface area contributed by atoms with E-state index in [2.05, 4.69) is 15.5 Å². The van der Waals surface area contributed by atoms with Gasteiger partial charge >= 0.3 is 5.97 Å². The summed E-state index contributed by atoms with van der Waals surface area (Å²) >= 11 is 0. The quantitative estimate of drug-likeness (QED) is 0.745. The third-order valence-corrected chi connectivity index (χ3v) is 5.60. The average Bonchev–Trinajstić information content (AvgIpc) is 3.23. The molecular weight excluding hydrogens is 382 g/mol. The van der Waals surface area contributed by atoms with Gasteiger partial charge in [0.15, 0.2) is 6.10 Å². The van der Waals surface area contributed by atoms with Crippen molar-refractivity contribution in [2.75, 3.05) is 16.8 Å². The fourth-order valence-corrected chi connectivity index (χ4v) is 3.88. The molecule has 2 aromatic carbocycles. The largest absolute Gasteiger partial charge is 0.449 e. The van der Waals surface area contributed by atoms with Gasteiger partial charge in [0.05, 0.1) is 16.9 Å². The van der Waals surface area contributed by atoms with Gasteiger partial charge in [0, 0.05) is 13.1 Å². The van der Waals surface area contributed by atoms with Crippen LogP contribution in [0.15, 0.2) is 42.5 Å². The molecule has 2 aliphatic heterocycles. The van der Waals surface area contributed by atoms with E-state index in [0.29, 0.717) is 17.8 Å². The van der Waals surface area contributed by atoms with Crippen LogP contribution < -0.4 is 15.5 Å². The predicted molar refractivity (Wildman–Crippen MR) is 113 cm³/mol. The van der Waals surface area contributed by atoms with Crippen molar-refractivity contribution in [2.45, 2.75) is 45.4 Å². The number of hydrogen-bond acceptors (Lipinski definition) is 5. The van der Waals surface area contributed by atoms with E-state index in [4.69, 9.17) is 4.74 Å². The predicted octanol–water partition coefficient (Wildman–Crippen LogP) is 2.78. The molecule has 2 aliphatic rings. The van der Waals surface area contributed by atoms with Gasteiger partial charge in [0.25, 0.3) is 5.91 Å². The van der Waals surface area contributed by atoms with Crippen molar-refractivity contribution in [3.63, 3.8) is 0 Å². The van der Waals surface area contributed by atoms with Crippen molar-refractivity contribution in [1.29, 1.82) is 0 Å². The summed E-state index contributed by atoms with van der Waals surface area (Å²) in [6.07, 6.45) is 0.873. The van der Waals surface area contributed by atoms with E-state index in [1.165, 1.54) is 6.92 Å². The highest BCUT2D eigenvalue weighted by Gasteiger charge is 2.36. The van der Waals surface area contributed by atoms with Gasteiger partial charge in [-0.15, -0.1) is 0 Å². The zero-order chi connectivity index (χ0) is 21.3. The van der Waals surface area contributed by atoms with E-state index in [9.17, 15) is 14.4 Å². The smallest absolute Gasteiger partial charge is 0.338 e. The molecular formula is C23H25N3O4. The highest BCUT2D eigenvalue weighted by atomic mass is 16.5. The number of carbonyl (C=O) groups excluding carboxylic acids is 3. The van der Waals surface area contributed by atoms with E-state index in [0.717, 1.165) is 36.2 Å². The van der Waals surface area contributed by atoms with E-state index >= 15 is 0 Å². The lowest BCUT2D eigenvalue weighted by Gasteiger charge is -2.33. The maximum absolute atomic E-state index is 12.5. The number of ether oxygens (including phenoxy) is 1. The van der Waals surface area contributed by atoms with Crippen molar-refractivity contribution < 1.29 is 19.1 Å².